The fourth-order valence-electron chi connectivity index (χ4n) is 3.46. The maximum absolute atomic E-state index is 5.29. The summed E-state index contributed by atoms with van der Waals surface area (Å²) in [4.78, 5) is 2.73. The number of hydrogen-bond donors (Lipinski definition) is 0. The van der Waals surface area contributed by atoms with Crippen molar-refractivity contribution in [1.82, 2.24) is 4.90 Å². The molecule has 2 heteroatoms. The second-order valence-electron chi connectivity index (χ2n) is 6.99. The van der Waals surface area contributed by atoms with Gasteiger partial charge in [-0.1, -0.05) is 58.8 Å². The van der Waals surface area contributed by atoms with Gasteiger partial charge in [0.15, 0.2) is 0 Å². The maximum Gasteiger partial charge on any atom is 0.0515 e. The summed E-state index contributed by atoms with van der Waals surface area (Å²) in [7, 11) is 1.83. The quantitative estimate of drug-likeness (QED) is 0.474. The molecule has 0 aromatic rings. The summed E-state index contributed by atoms with van der Waals surface area (Å²) in [6, 6.07) is 0. The van der Waals surface area contributed by atoms with E-state index in [1.807, 2.05) is 7.11 Å². The van der Waals surface area contributed by atoms with E-state index >= 15 is 0 Å². The van der Waals surface area contributed by atoms with Crippen LogP contribution in [0.2, 0.25) is 0 Å². The van der Waals surface area contributed by atoms with Crippen molar-refractivity contribution < 1.29 is 4.74 Å². The first-order chi connectivity index (χ1) is 9.66. The van der Waals surface area contributed by atoms with E-state index in [1.165, 1.54) is 70.9 Å². The Bertz CT molecular complexity index is 238. The highest BCUT2D eigenvalue weighted by molar-refractivity contribution is 4.94. The Morgan fingerprint density at radius 3 is 2.15 bits per heavy atom. The minimum Gasteiger partial charge on any atom is -0.384 e. The molecule has 1 heterocycles. The highest BCUT2D eigenvalue weighted by Crippen LogP contribution is 2.34. The third kappa shape index (κ3) is 5.73. The van der Waals surface area contributed by atoms with Crippen molar-refractivity contribution in [1.29, 1.82) is 0 Å². The van der Waals surface area contributed by atoms with Gasteiger partial charge in [-0.3, -0.25) is 4.90 Å². The number of methoxy groups -OCH3 is 1. The van der Waals surface area contributed by atoms with Gasteiger partial charge in [-0.15, -0.1) is 0 Å². The van der Waals surface area contributed by atoms with Crippen LogP contribution in [0.25, 0.3) is 0 Å². The third-order valence-corrected chi connectivity index (χ3v) is 5.01. The van der Waals surface area contributed by atoms with Crippen LogP contribution in [0.4, 0.5) is 0 Å². The smallest absolute Gasteiger partial charge is 0.0515 e. The molecule has 0 aromatic heterocycles. The summed E-state index contributed by atoms with van der Waals surface area (Å²) in [5.74, 6) is 0.779. The normalized spacial score (nSPS) is 19.8. The van der Waals surface area contributed by atoms with Gasteiger partial charge in [0.05, 0.1) is 6.61 Å². The fourth-order valence-corrected chi connectivity index (χ4v) is 3.46. The highest BCUT2D eigenvalue weighted by atomic mass is 16.5. The molecule has 0 aliphatic carbocycles. The molecule has 1 aliphatic heterocycles. The molecular weight excluding hydrogens is 246 g/mol. The van der Waals surface area contributed by atoms with Gasteiger partial charge in [-0.2, -0.15) is 0 Å². The maximum atomic E-state index is 5.29. The van der Waals surface area contributed by atoms with Crippen molar-refractivity contribution >= 4 is 0 Å². The zero-order valence-electron chi connectivity index (χ0n) is 14.4. The van der Waals surface area contributed by atoms with Gasteiger partial charge in [-0.05, 0) is 19.8 Å². The van der Waals surface area contributed by atoms with E-state index < -0.39 is 0 Å². The molecule has 0 spiro atoms. The number of rotatable bonds is 12. The minimum absolute atomic E-state index is 0.451. The van der Waals surface area contributed by atoms with Gasteiger partial charge in [0.1, 0.15) is 0 Å². The van der Waals surface area contributed by atoms with Crippen LogP contribution < -0.4 is 0 Å². The number of hydrogen-bond acceptors (Lipinski definition) is 2. The van der Waals surface area contributed by atoms with E-state index in [2.05, 4.69) is 25.7 Å². The van der Waals surface area contributed by atoms with Gasteiger partial charge < -0.3 is 4.74 Å². The van der Waals surface area contributed by atoms with Crippen molar-refractivity contribution in [3.8, 4) is 0 Å². The van der Waals surface area contributed by atoms with E-state index in [0.29, 0.717) is 5.54 Å². The Balaban J connectivity index is 2.33. The van der Waals surface area contributed by atoms with Gasteiger partial charge in [0.2, 0.25) is 0 Å². The molecule has 1 atom stereocenters. The lowest BCUT2D eigenvalue weighted by Gasteiger charge is -2.51. The topological polar surface area (TPSA) is 12.5 Å². The van der Waals surface area contributed by atoms with E-state index in [9.17, 15) is 0 Å². The Kier molecular flexibility index (Phi) is 8.79. The molecule has 1 unspecified atom stereocenters. The molecule has 1 aliphatic rings. The largest absolute Gasteiger partial charge is 0.384 e. The van der Waals surface area contributed by atoms with Crippen LogP contribution in [-0.4, -0.2) is 37.2 Å². The molecule has 0 bridgehead atoms. The molecule has 1 rings (SSSR count). The average molecular weight is 284 g/mol. The standard InChI is InChI=1S/C18H37NO/c1-5-7-9-10-11-13-18(3,12-8-6-2)19-14-17(15-19)16-20-4/h17H,5-16H2,1-4H3. The average Bonchev–Trinajstić information content (AvgIpc) is 2.40. The van der Waals surface area contributed by atoms with Crippen molar-refractivity contribution in [3.05, 3.63) is 0 Å². The predicted octanol–water partition coefficient (Wildman–Crippen LogP) is 4.87. The molecule has 2 nitrogen and oxygen atoms in total. The SMILES string of the molecule is CCCCCCCC(C)(CCCC)N1CC(COC)C1. The summed E-state index contributed by atoms with van der Waals surface area (Å²) in [6.45, 7) is 10.6. The van der Waals surface area contributed by atoms with Crippen LogP contribution in [0.1, 0.15) is 78.6 Å². The first kappa shape index (κ1) is 18.0. The fraction of sp³-hybridized carbons (Fsp3) is 1.00. The molecule has 120 valence electrons. The number of unbranched alkanes of at least 4 members (excludes halogenated alkanes) is 5. The van der Waals surface area contributed by atoms with E-state index in [-0.39, 0.29) is 0 Å². The lowest BCUT2D eigenvalue weighted by molar-refractivity contribution is -0.0444. The van der Waals surface area contributed by atoms with Crippen LogP contribution in [0.15, 0.2) is 0 Å². The van der Waals surface area contributed by atoms with Crippen LogP contribution in [0.3, 0.4) is 0 Å². The van der Waals surface area contributed by atoms with Crippen molar-refractivity contribution in [2.75, 3.05) is 26.8 Å². The second-order valence-corrected chi connectivity index (χ2v) is 6.99. The molecule has 20 heavy (non-hydrogen) atoms. The predicted molar refractivity (Wildman–Crippen MR) is 88.2 cm³/mol. The molecule has 1 fully saturated rings. The first-order valence-electron chi connectivity index (χ1n) is 8.90. The van der Waals surface area contributed by atoms with Crippen LogP contribution >= 0.6 is 0 Å². The van der Waals surface area contributed by atoms with Crippen LogP contribution in [0, 0.1) is 5.92 Å². The summed E-state index contributed by atoms with van der Waals surface area (Å²) in [5.41, 5.74) is 0.451. The molecule has 0 aromatic carbocycles. The first-order valence-corrected chi connectivity index (χ1v) is 8.90. The minimum atomic E-state index is 0.451. The molecule has 0 amide bonds. The molecule has 0 saturated carbocycles. The van der Waals surface area contributed by atoms with E-state index in [4.69, 9.17) is 4.74 Å². The number of nitrogens with zero attached hydrogens (tertiary/aromatic N) is 1. The number of ether oxygens (including phenoxy) is 1. The van der Waals surface area contributed by atoms with Crippen molar-refractivity contribution in [3.63, 3.8) is 0 Å². The number of likely N-dealkylation sites (tertiary alicyclic amines) is 1. The summed E-state index contributed by atoms with van der Waals surface area (Å²) >= 11 is 0. The van der Waals surface area contributed by atoms with Crippen molar-refractivity contribution in [2.24, 2.45) is 5.92 Å². The molecule has 0 N–H and O–H groups in total. The lowest BCUT2D eigenvalue weighted by Crippen LogP contribution is -2.59. The molecule has 1 saturated heterocycles. The van der Waals surface area contributed by atoms with Crippen LogP contribution in [-0.2, 0) is 4.74 Å². The Hall–Kier alpha value is -0.0800. The van der Waals surface area contributed by atoms with E-state index in [1.54, 1.807) is 0 Å². The summed E-state index contributed by atoms with van der Waals surface area (Å²) < 4.78 is 5.29. The lowest BCUT2D eigenvalue weighted by atomic mass is 9.82. The van der Waals surface area contributed by atoms with Gasteiger partial charge >= 0.3 is 0 Å². The Labute approximate surface area is 127 Å². The monoisotopic (exact) mass is 283 g/mol. The summed E-state index contributed by atoms with van der Waals surface area (Å²) in [5, 5.41) is 0. The second kappa shape index (κ2) is 9.78. The van der Waals surface area contributed by atoms with Crippen LogP contribution in [0.5, 0.6) is 0 Å². The zero-order chi connectivity index (χ0) is 14.8. The van der Waals surface area contributed by atoms with Gasteiger partial charge in [-0.25, -0.2) is 0 Å². The molecular formula is C18H37NO. The zero-order valence-corrected chi connectivity index (χ0v) is 14.4. The van der Waals surface area contributed by atoms with Gasteiger partial charge in [0.25, 0.3) is 0 Å². The molecule has 0 radical (unpaired) electrons. The third-order valence-electron chi connectivity index (χ3n) is 5.01. The summed E-state index contributed by atoms with van der Waals surface area (Å²) in [6.07, 6.45) is 12.5. The van der Waals surface area contributed by atoms with Crippen molar-refractivity contribution in [2.45, 2.75) is 84.1 Å². The Morgan fingerprint density at radius 1 is 0.950 bits per heavy atom. The highest BCUT2D eigenvalue weighted by Gasteiger charge is 2.39. The van der Waals surface area contributed by atoms with E-state index in [0.717, 1.165) is 12.5 Å². The van der Waals surface area contributed by atoms with Gasteiger partial charge in [0, 0.05) is 31.7 Å². The Morgan fingerprint density at radius 2 is 1.55 bits per heavy atom.